The summed E-state index contributed by atoms with van der Waals surface area (Å²) in [6.07, 6.45) is -0.258. The number of ether oxygens (including phenoxy) is 1. The Hall–Kier alpha value is -2.70. The van der Waals surface area contributed by atoms with Crippen molar-refractivity contribution in [3.05, 3.63) is 86.8 Å². The molecule has 0 amide bonds. The number of ketones is 1. The van der Waals surface area contributed by atoms with Crippen LogP contribution in [0.15, 0.2) is 65.1 Å². The van der Waals surface area contributed by atoms with Crippen LogP contribution in [0.5, 0.6) is 5.75 Å². The van der Waals surface area contributed by atoms with Crippen LogP contribution in [0.25, 0.3) is 0 Å². The van der Waals surface area contributed by atoms with Crippen molar-refractivity contribution in [3.8, 4) is 5.75 Å². The lowest BCUT2D eigenvalue weighted by Crippen LogP contribution is -2.45. The van der Waals surface area contributed by atoms with E-state index < -0.39 is 12.0 Å². The number of nitrogens with zero attached hydrogens (tertiary/aromatic N) is 2. The van der Waals surface area contributed by atoms with E-state index in [2.05, 4.69) is 0 Å². The molecule has 4 nitrogen and oxygen atoms in total. The minimum atomic E-state index is -0.915. The van der Waals surface area contributed by atoms with Gasteiger partial charge < -0.3 is 4.74 Å². The number of Topliss-reactive ketones (excluding diaryl/α,β-unsaturated/α-hetero) is 1. The maximum atomic E-state index is 13.3. The highest BCUT2D eigenvalue weighted by atomic mass is 35.5. The molecule has 5 rings (SSSR count). The van der Waals surface area contributed by atoms with Crippen LogP contribution in [-0.4, -0.2) is 22.7 Å². The van der Waals surface area contributed by atoms with Gasteiger partial charge in [-0.3, -0.25) is 4.79 Å². The first-order chi connectivity index (χ1) is 13.6. The zero-order valence-electron chi connectivity index (χ0n) is 14.5. The van der Waals surface area contributed by atoms with E-state index in [9.17, 15) is 9.18 Å². The average molecular weight is 413 g/mol. The Morgan fingerprint density at radius 2 is 2.04 bits per heavy atom. The minimum absolute atomic E-state index is 0.144. The van der Waals surface area contributed by atoms with E-state index in [1.807, 2.05) is 23.6 Å². The summed E-state index contributed by atoms with van der Waals surface area (Å²) in [5, 5.41) is 9.04. The number of carbonyl (C=O) groups excluding carboxylic acids is 1. The summed E-state index contributed by atoms with van der Waals surface area (Å²) < 4.78 is 19.3. The second kappa shape index (κ2) is 6.72. The molecular formula is C21H14ClFN2O2S. The molecule has 1 aromatic heterocycles. The van der Waals surface area contributed by atoms with Gasteiger partial charge in [0.2, 0.25) is 5.78 Å². The first kappa shape index (κ1) is 17.4. The fraction of sp³-hybridized carbons (Fsp3) is 0.143. The molecule has 0 unspecified atom stereocenters. The Morgan fingerprint density at radius 1 is 1.21 bits per heavy atom. The van der Waals surface area contributed by atoms with Gasteiger partial charge in [-0.2, -0.15) is 5.10 Å². The van der Waals surface area contributed by atoms with Gasteiger partial charge in [0.25, 0.3) is 6.23 Å². The molecule has 3 heterocycles. The molecule has 0 N–H and O–H groups in total. The summed E-state index contributed by atoms with van der Waals surface area (Å²) in [5.41, 5.74) is 2.20. The summed E-state index contributed by atoms with van der Waals surface area (Å²) in [5.74, 6) is -0.0336. The number of hydrazone groups is 1. The van der Waals surface area contributed by atoms with Crippen LogP contribution in [0, 0.1) is 5.82 Å². The summed E-state index contributed by atoms with van der Waals surface area (Å²) >= 11 is 7.81. The Morgan fingerprint density at radius 3 is 2.79 bits per heavy atom. The number of thiophene rings is 1. The summed E-state index contributed by atoms with van der Waals surface area (Å²) in [6, 6.07) is 14.7. The van der Waals surface area contributed by atoms with E-state index in [0.717, 1.165) is 16.2 Å². The first-order valence-corrected chi connectivity index (χ1v) is 10.0. The van der Waals surface area contributed by atoms with Crippen molar-refractivity contribution in [2.45, 2.75) is 18.7 Å². The molecule has 0 saturated heterocycles. The molecule has 3 aromatic rings. The van der Waals surface area contributed by atoms with Crippen LogP contribution in [0.2, 0.25) is 5.02 Å². The minimum Gasteiger partial charge on any atom is -0.461 e. The highest BCUT2D eigenvalue weighted by molar-refractivity contribution is 7.12. The molecule has 2 aromatic carbocycles. The Balaban J connectivity index is 1.57. The van der Waals surface area contributed by atoms with Crippen molar-refractivity contribution in [2.75, 3.05) is 0 Å². The van der Waals surface area contributed by atoms with Crippen molar-refractivity contribution in [1.82, 2.24) is 5.01 Å². The van der Waals surface area contributed by atoms with Crippen LogP contribution in [0.4, 0.5) is 4.39 Å². The zero-order chi connectivity index (χ0) is 19.3. The van der Waals surface area contributed by atoms with E-state index in [1.165, 1.54) is 24.3 Å². The second-order valence-electron chi connectivity index (χ2n) is 6.65. The molecule has 2 aliphatic heterocycles. The van der Waals surface area contributed by atoms with Crippen molar-refractivity contribution in [1.29, 1.82) is 0 Å². The average Bonchev–Trinajstić information content (AvgIpc) is 3.37. The number of fused-ring (bicyclic) bond motifs is 3. The fourth-order valence-corrected chi connectivity index (χ4v) is 4.48. The highest BCUT2D eigenvalue weighted by Gasteiger charge is 2.43. The van der Waals surface area contributed by atoms with Crippen molar-refractivity contribution in [2.24, 2.45) is 5.10 Å². The van der Waals surface area contributed by atoms with Gasteiger partial charge in [0.05, 0.1) is 16.6 Å². The predicted octanol–water partition coefficient (Wildman–Crippen LogP) is 5.29. The molecule has 0 aliphatic carbocycles. The van der Waals surface area contributed by atoms with Gasteiger partial charge in [-0.25, -0.2) is 9.40 Å². The molecule has 2 aliphatic rings. The van der Waals surface area contributed by atoms with Crippen LogP contribution in [0.3, 0.4) is 0 Å². The number of rotatable bonds is 3. The maximum Gasteiger partial charge on any atom is 0.251 e. The number of hydrogen-bond donors (Lipinski definition) is 0. The second-order valence-corrected chi connectivity index (χ2v) is 8.03. The topological polar surface area (TPSA) is 41.9 Å². The van der Waals surface area contributed by atoms with Gasteiger partial charge in [0.1, 0.15) is 11.6 Å². The number of halogens is 2. The molecule has 7 heteroatoms. The summed E-state index contributed by atoms with van der Waals surface area (Å²) in [4.78, 5) is 14.2. The van der Waals surface area contributed by atoms with Crippen LogP contribution < -0.4 is 4.74 Å². The highest BCUT2D eigenvalue weighted by Crippen LogP contribution is 2.44. The lowest BCUT2D eigenvalue weighted by Gasteiger charge is -2.37. The van der Waals surface area contributed by atoms with Gasteiger partial charge in [-0.05, 0) is 53.9 Å². The SMILES string of the molecule is O=C(c1ccc(F)cc1)[C@@H]1Oc2ccc(Cl)cc2[C@H]2CC(c3cccs3)=NN21. The number of hydrogen-bond acceptors (Lipinski definition) is 5. The number of carbonyl (C=O) groups is 1. The third kappa shape index (κ3) is 2.89. The Labute approximate surface area is 169 Å². The van der Waals surface area contributed by atoms with E-state index in [4.69, 9.17) is 21.4 Å². The molecule has 0 fully saturated rings. The van der Waals surface area contributed by atoms with Gasteiger partial charge in [0, 0.05) is 22.6 Å². The Kier molecular flexibility index (Phi) is 4.18. The monoisotopic (exact) mass is 412 g/mol. The third-order valence-corrected chi connectivity index (χ3v) is 6.06. The molecule has 0 saturated carbocycles. The van der Waals surface area contributed by atoms with E-state index in [0.29, 0.717) is 22.8 Å². The maximum absolute atomic E-state index is 13.3. The van der Waals surface area contributed by atoms with Gasteiger partial charge in [-0.1, -0.05) is 17.7 Å². The predicted molar refractivity (Wildman–Crippen MR) is 107 cm³/mol. The van der Waals surface area contributed by atoms with E-state index in [1.54, 1.807) is 28.5 Å². The standard InChI is InChI=1S/C21H14ClFN2O2S/c22-13-5-8-18-15(10-13)17-11-16(19-2-1-9-28-19)24-25(17)21(27-18)20(26)12-3-6-14(23)7-4-12/h1-10,17,21H,11H2/t17-,21+/m1/s1. The smallest absolute Gasteiger partial charge is 0.251 e. The Bertz CT molecular complexity index is 1080. The van der Waals surface area contributed by atoms with Crippen LogP contribution in [0.1, 0.15) is 33.3 Å². The van der Waals surface area contributed by atoms with Crippen molar-refractivity contribution < 1.29 is 13.9 Å². The van der Waals surface area contributed by atoms with Crippen LogP contribution >= 0.6 is 22.9 Å². The van der Waals surface area contributed by atoms with E-state index >= 15 is 0 Å². The van der Waals surface area contributed by atoms with E-state index in [-0.39, 0.29) is 11.8 Å². The van der Waals surface area contributed by atoms with Gasteiger partial charge in [0.15, 0.2) is 0 Å². The van der Waals surface area contributed by atoms with Crippen molar-refractivity contribution in [3.63, 3.8) is 0 Å². The molecule has 0 bridgehead atoms. The lowest BCUT2D eigenvalue weighted by molar-refractivity contribution is -0.00455. The summed E-state index contributed by atoms with van der Waals surface area (Å²) in [7, 11) is 0. The molecule has 2 atom stereocenters. The number of benzene rings is 2. The summed E-state index contributed by atoms with van der Waals surface area (Å²) in [6.45, 7) is 0. The molecular weight excluding hydrogens is 399 g/mol. The molecule has 28 heavy (non-hydrogen) atoms. The largest absolute Gasteiger partial charge is 0.461 e. The molecule has 0 radical (unpaired) electrons. The van der Waals surface area contributed by atoms with Gasteiger partial charge >= 0.3 is 0 Å². The fourth-order valence-electron chi connectivity index (χ4n) is 3.58. The molecule has 0 spiro atoms. The quantitative estimate of drug-likeness (QED) is 0.548. The van der Waals surface area contributed by atoms with Gasteiger partial charge in [-0.15, -0.1) is 11.3 Å². The molecule has 140 valence electrons. The zero-order valence-corrected chi connectivity index (χ0v) is 16.1. The third-order valence-electron chi connectivity index (χ3n) is 4.91. The lowest BCUT2D eigenvalue weighted by atomic mass is 9.97. The first-order valence-electron chi connectivity index (χ1n) is 8.76. The van der Waals surface area contributed by atoms with Crippen molar-refractivity contribution >= 4 is 34.4 Å². The normalized spacial score (nSPS) is 20.2. The van der Waals surface area contributed by atoms with Crippen LogP contribution in [-0.2, 0) is 0 Å².